The monoisotopic (exact) mass is 616 g/mol. The van der Waals surface area contributed by atoms with Crippen LogP contribution in [0.1, 0.15) is 35.3 Å². The highest BCUT2D eigenvalue weighted by Crippen LogP contribution is 2.36. The number of halogens is 4. The molecule has 3 aromatic heterocycles. The number of carbonyl (C=O) groups is 2. The molecule has 2 aliphatic rings. The minimum Gasteiger partial charge on any atom is -0.337 e. The highest BCUT2D eigenvalue weighted by atomic mass is 35.5. The van der Waals surface area contributed by atoms with Gasteiger partial charge in [0.1, 0.15) is 0 Å². The van der Waals surface area contributed by atoms with Gasteiger partial charge in [0.2, 0.25) is 0 Å². The van der Waals surface area contributed by atoms with Crippen LogP contribution in [0.4, 0.5) is 29.5 Å². The minimum atomic E-state index is -4.64. The number of H-pyrrole nitrogens is 1. The van der Waals surface area contributed by atoms with Crippen molar-refractivity contribution in [2.45, 2.75) is 37.5 Å². The largest absolute Gasteiger partial charge is 0.435 e. The van der Waals surface area contributed by atoms with E-state index in [-0.39, 0.29) is 51.8 Å². The molecule has 0 unspecified atom stereocenters. The van der Waals surface area contributed by atoms with Crippen molar-refractivity contribution in [3.63, 3.8) is 0 Å². The number of hydrogen-bond donors (Lipinski definition) is 4. The van der Waals surface area contributed by atoms with Crippen LogP contribution in [0.3, 0.4) is 0 Å². The van der Waals surface area contributed by atoms with Crippen LogP contribution in [0.5, 0.6) is 0 Å². The van der Waals surface area contributed by atoms with Gasteiger partial charge in [-0.25, -0.2) is 14.8 Å². The molecule has 2 atom stereocenters. The topological polar surface area (TPSA) is 150 Å². The zero-order valence-electron chi connectivity index (χ0n) is 22.7. The van der Waals surface area contributed by atoms with Crippen molar-refractivity contribution in [1.29, 1.82) is 0 Å². The maximum Gasteiger partial charge on any atom is 0.435 e. The van der Waals surface area contributed by atoms with Crippen LogP contribution in [-0.2, 0) is 6.18 Å². The number of aromatic nitrogens is 5. The van der Waals surface area contributed by atoms with E-state index in [9.17, 15) is 22.8 Å². The van der Waals surface area contributed by atoms with E-state index < -0.39 is 11.9 Å². The van der Waals surface area contributed by atoms with Gasteiger partial charge < -0.3 is 26.2 Å². The molecule has 1 saturated heterocycles. The normalized spacial score (nSPS) is 19.2. The van der Waals surface area contributed by atoms with Crippen LogP contribution in [-0.4, -0.2) is 84.6 Å². The van der Waals surface area contributed by atoms with E-state index in [0.717, 1.165) is 25.5 Å². The second kappa shape index (κ2) is 11.4. The van der Waals surface area contributed by atoms with Crippen molar-refractivity contribution < 1.29 is 22.8 Å². The molecule has 1 aromatic carbocycles. The zero-order chi connectivity index (χ0) is 30.3. The van der Waals surface area contributed by atoms with E-state index in [1.165, 1.54) is 23.0 Å². The van der Waals surface area contributed by atoms with E-state index >= 15 is 0 Å². The average molecular weight is 617 g/mol. The quantitative estimate of drug-likeness (QED) is 0.266. The predicted octanol–water partition coefficient (Wildman–Crippen LogP) is 3.88. The molecular formula is C27H28ClF3N10O2. The summed E-state index contributed by atoms with van der Waals surface area (Å²) in [6, 6.07) is 4.88. The number of carbonyl (C=O) groups excluding carboxylic acids is 2. The fourth-order valence-electron chi connectivity index (χ4n) is 5.51. The molecule has 1 aliphatic heterocycles. The molecule has 3 amide bonds. The third-order valence-corrected chi connectivity index (χ3v) is 8.04. The number of nitrogens with one attached hydrogen (secondary N) is 3. The molecule has 1 aliphatic carbocycles. The molecule has 12 nitrogen and oxygen atoms in total. The van der Waals surface area contributed by atoms with Crippen LogP contribution < -0.4 is 16.4 Å². The van der Waals surface area contributed by atoms with Gasteiger partial charge in [0.25, 0.3) is 5.91 Å². The Hall–Kier alpha value is -4.37. The first-order chi connectivity index (χ1) is 20.6. The van der Waals surface area contributed by atoms with Gasteiger partial charge in [-0.05, 0) is 37.5 Å². The maximum atomic E-state index is 13.4. The predicted molar refractivity (Wildman–Crippen MR) is 152 cm³/mol. The van der Waals surface area contributed by atoms with Gasteiger partial charge in [-0.15, -0.1) is 0 Å². The van der Waals surface area contributed by atoms with Crippen LogP contribution in [0, 0.1) is 0 Å². The Kier molecular flexibility index (Phi) is 7.60. The molecule has 1 saturated carbocycles. The van der Waals surface area contributed by atoms with E-state index in [0.29, 0.717) is 37.4 Å². The van der Waals surface area contributed by atoms with E-state index in [2.05, 4.69) is 30.8 Å². The number of benzene rings is 1. The van der Waals surface area contributed by atoms with Crippen molar-refractivity contribution in [1.82, 2.24) is 39.7 Å². The number of rotatable bonds is 5. The number of piperazine rings is 1. The van der Waals surface area contributed by atoms with Crippen molar-refractivity contribution in [3.8, 4) is 11.3 Å². The molecule has 2 fully saturated rings. The molecule has 0 bridgehead atoms. The summed E-state index contributed by atoms with van der Waals surface area (Å²) in [6.07, 6.45) is 3.30. The second-order valence-corrected chi connectivity index (χ2v) is 11.0. The van der Waals surface area contributed by atoms with Gasteiger partial charge in [0.15, 0.2) is 17.2 Å². The number of hydrogen-bond acceptors (Lipinski definition) is 7. The summed E-state index contributed by atoms with van der Waals surface area (Å²) in [5.41, 5.74) is 6.00. The van der Waals surface area contributed by atoms with Gasteiger partial charge in [0.05, 0.1) is 28.0 Å². The summed E-state index contributed by atoms with van der Waals surface area (Å²) in [4.78, 5) is 37.8. The number of alkyl halides is 3. The summed E-state index contributed by atoms with van der Waals surface area (Å²) >= 11 is 6.52. The fourth-order valence-corrected chi connectivity index (χ4v) is 5.77. The first kappa shape index (κ1) is 28.7. The Labute approximate surface area is 248 Å². The second-order valence-electron chi connectivity index (χ2n) is 10.6. The number of urea groups is 1. The fraction of sp³-hybridized carbons (Fsp3) is 0.370. The molecule has 4 aromatic rings. The number of fused-ring (bicyclic) bond motifs is 1. The number of nitrogens with two attached hydrogens (primary N) is 1. The Morgan fingerprint density at radius 2 is 1.86 bits per heavy atom. The van der Waals surface area contributed by atoms with Crippen LogP contribution >= 0.6 is 11.6 Å². The minimum absolute atomic E-state index is 0.0875. The molecule has 43 heavy (non-hydrogen) atoms. The van der Waals surface area contributed by atoms with Crippen molar-refractivity contribution >= 4 is 40.7 Å². The van der Waals surface area contributed by atoms with E-state index in [1.54, 1.807) is 28.0 Å². The van der Waals surface area contributed by atoms with Gasteiger partial charge in [-0.2, -0.15) is 18.3 Å². The Balaban J connectivity index is 1.12. The SMILES string of the molecule is N[C@H]1CC[C@@H](NC(=O)N2CCN(C(=O)c3ccc(Nc4nccn5c(-c6c[nH]nc6C(F)(F)F)cnc45)cc3Cl)CC2)C1. The maximum absolute atomic E-state index is 13.4. The lowest BCUT2D eigenvalue weighted by Crippen LogP contribution is -2.54. The third kappa shape index (κ3) is 5.82. The molecule has 16 heteroatoms. The number of imidazole rings is 1. The Morgan fingerprint density at radius 1 is 1.09 bits per heavy atom. The molecule has 0 spiro atoms. The summed E-state index contributed by atoms with van der Waals surface area (Å²) in [5, 5.41) is 11.9. The van der Waals surface area contributed by atoms with E-state index in [1.807, 2.05) is 0 Å². The lowest BCUT2D eigenvalue weighted by molar-refractivity contribution is -0.140. The summed E-state index contributed by atoms with van der Waals surface area (Å²) in [5.74, 6) is 0.0204. The number of aromatic amines is 1. The van der Waals surface area contributed by atoms with E-state index in [4.69, 9.17) is 17.3 Å². The van der Waals surface area contributed by atoms with Crippen molar-refractivity contribution in [2.75, 3.05) is 31.5 Å². The lowest BCUT2D eigenvalue weighted by Gasteiger charge is -2.35. The summed E-state index contributed by atoms with van der Waals surface area (Å²) in [7, 11) is 0. The first-order valence-electron chi connectivity index (χ1n) is 13.7. The van der Waals surface area contributed by atoms with Crippen LogP contribution in [0.2, 0.25) is 5.02 Å². The van der Waals surface area contributed by atoms with Crippen LogP contribution in [0.15, 0.2) is 43.0 Å². The van der Waals surface area contributed by atoms with Crippen LogP contribution in [0.25, 0.3) is 16.9 Å². The Bertz CT molecular complexity index is 1660. The smallest absolute Gasteiger partial charge is 0.337 e. The third-order valence-electron chi connectivity index (χ3n) is 7.73. The number of anilines is 2. The molecule has 5 N–H and O–H groups in total. The molecule has 6 rings (SSSR count). The molecule has 226 valence electrons. The lowest BCUT2D eigenvalue weighted by atomic mass is 10.1. The van der Waals surface area contributed by atoms with Gasteiger partial charge in [-0.1, -0.05) is 11.6 Å². The number of amides is 3. The van der Waals surface area contributed by atoms with Gasteiger partial charge >= 0.3 is 12.2 Å². The van der Waals surface area contributed by atoms with Crippen molar-refractivity contribution in [3.05, 3.63) is 59.3 Å². The molecule has 4 heterocycles. The van der Waals surface area contributed by atoms with Crippen molar-refractivity contribution in [2.24, 2.45) is 5.73 Å². The highest BCUT2D eigenvalue weighted by molar-refractivity contribution is 6.34. The molecule has 0 radical (unpaired) electrons. The zero-order valence-corrected chi connectivity index (χ0v) is 23.5. The Morgan fingerprint density at radius 3 is 2.56 bits per heavy atom. The highest BCUT2D eigenvalue weighted by Gasteiger charge is 2.37. The summed E-state index contributed by atoms with van der Waals surface area (Å²) < 4.78 is 41.7. The summed E-state index contributed by atoms with van der Waals surface area (Å²) in [6.45, 7) is 1.54. The number of nitrogens with zero attached hydrogens (tertiary/aromatic N) is 6. The standard InChI is InChI=1S/C27H28ClF3N10O2/c28-20-12-17(36-23-24-34-14-21(41(24)6-5-33-23)19-13-35-38-22(19)27(29,30)31)3-4-18(20)25(42)39-7-9-40(10-8-39)26(43)37-16-2-1-15(32)11-16/h3-6,12-16H,1-2,7-11,32H2,(H,33,36)(H,35,38)(H,37,43)/t15-,16+/m0/s1. The first-order valence-corrected chi connectivity index (χ1v) is 14.1. The average Bonchev–Trinajstić information content (AvgIpc) is 3.73. The van der Waals surface area contributed by atoms with Gasteiger partial charge in [-0.3, -0.25) is 14.3 Å². The van der Waals surface area contributed by atoms with Gasteiger partial charge in [0, 0.05) is 62.5 Å². The molecular weight excluding hydrogens is 589 g/mol.